The number of carbonyl (C=O) groups is 1. The maximum Gasteiger partial charge on any atom is 0.139 e. The highest BCUT2D eigenvalue weighted by Gasteiger charge is 2.61. The highest BCUT2D eigenvalue weighted by molar-refractivity contribution is 5.87. The van der Waals surface area contributed by atoms with Gasteiger partial charge < -0.3 is 10.4 Å². The van der Waals surface area contributed by atoms with Crippen molar-refractivity contribution in [1.29, 1.82) is 0 Å². The summed E-state index contributed by atoms with van der Waals surface area (Å²) in [4.78, 5) is 12.6. The van der Waals surface area contributed by atoms with Crippen LogP contribution >= 0.6 is 0 Å². The van der Waals surface area contributed by atoms with Crippen LogP contribution in [0.25, 0.3) is 0 Å². The minimum absolute atomic E-state index is 0.0887. The number of rotatable bonds is 3. The summed E-state index contributed by atoms with van der Waals surface area (Å²) in [5.41, 5.74) is 1.77. The van der Waals surface area contributed by atoms with Gasteiger partial charge in [0.05, 0.1) is 6.10 Å². The Morgan fingerprint density at radius 3 is 2.69 bits per heavy atom. The molecule has 1 aliphatic heterocycles. The summed E-state index contributed by atoms with van der Waals surface area (Å²) >= 11 is 0. The first kappa shape index (κ1) is 20.2. The van der Waals surface area contributed by atoms with Gasteiger partial charge in [0, 0.05) is 11.8 Å². The van der Waals surface area contributed by atoms with E-state index in [0.717, 1.165) is 44.4 Å². The number of Topliss-reactive ketones (excluding diaryl/α,β-unsaturated/α-hetero) is 1. The van der Waals surface area contributed by atoms with Gasteiger partial charge in [0.15, 0.2) is 0 Å². The first-order valence-electron chi connectivity index (χ1n) is 12.5. The molecule has 0 aromatic rings. The van der Waals surface area contributed by atoms with Crippen LogP contribution in [-0.2, 0) is 4.79 Å². The van der Waals surface area contributed by atoms with Crippen molar-refractivity contribution < 1.29 is 9.90 Å². The van der Waals surface area contributed by atoms with Crippen molar-refractivity contribution in [3.05, 3.63) is 11.6 Å². The fraction of sp³-hybridized carbons (Fsp3) is 0.885. The van der Waals surface area contributed by atoms with Crippen LogP contribution in [0, 0.1) is 40.4 Å². The van der Waals surface area contributed by atoms with Gasteiger partial charge in [-0.1, -0.05) is 25.5 Å². The van der Waals surface area contributed by atoms with Gasteiger partial charge >= 0.3 is 0 Å². The van der Waals surface area contributed by atoms with Crippen molar-refractivity contribution in [1.82, 2.24) is 5.32 Å². The zero-order valence-corrected chi connectivity index (χ0v) is 18.6. The summed E-state index contributed by atoms with van der Waals surface area (Å²) in [7, 11) is 0. The molecule has 0 amide bonds. The number of hydrogen-bond acceptors (Lipinski definition) is 3. The van der Waals surface area contributed by atoms with Gasteiger partial charge in [-0.25, -0.2) is 0 Å². The van der Waals surface area contributed by atoms with Gasteiger partial charge in [-0.2, -0.15) is 0 Å². The van der Waals surface area contributed by atoms with Crippen molar-refractivity contribution in [2.24, 2.45) is 40.4 Å². The summed E-state index contributed by atoms with van der Waals surface area (Å²) in [5.74, 6) is 3.60. The SMILES string of the molecule is C[C@]12CC=C(CCC3CCNCC3)CC1[C@@H](O)CC1C2CC[C@]2(C)C(=O)CCC12. The van der Waals surface area contributed by atoms with E-state index < -0.39 is 0 Å². The smallest absolute Gasteiger partial charge is 0.139 e. The van der Waals surface area contributed by atoms with Crippen LogP contribution in [0.15, 0.2) is 11.6 Å². The summed E-state index contributed by atoms with van der Waals surface area (Å²) in [6.45, 7) is 7.10. The van der Waals surface area contributed by atoms with Crippen LogP contribution in [-0.4, -0.2) is 30.1 Å². The number of carbonyl (C=O) groups excluding carboxylic acids is 1. The lowest BCUT2D eigenvalue weighted by molar-refractivity contribution is -0.151. The lowest BCUT2D eigenvalue weighted by atomic mass is 9.45. The third-order valence-electron chi connectivity index (χ3n) is 10.5. The number of ketones is 1. The molecular formula is C26H41NO2. The van der Waals surface area contributed by atoms with E-state index in [-0.39, 0.29) is 16.9 Å². The first-order chi connectivity index (χ1) is 13.9. The topological polar surface area (TPSA) is 49.3 Å². The lowest BCUT2D eigenvalue weighted by Gasteiger charge is -2.60. The molecule has 4 unspecified atom stereocenters. The zero-order valence-electron chi connectivity index (χ0n) is 18.6. The maximum absolute atomic E-state index is 12.6. The number of piperidine rings is 1. The van der Waals surface area contributed by atoms with Crippen LogP contribution in [0.2, 0.25) is 0 Å². The number of hydrogen-bond donors (Lipinski definition) is 2. The van der Waals surface area contributed by atoms with Crippen molar-refractivity contribution >= 4 is 5.78 Å². The van der Waals surface area contributed by atoms with E-state index in [2.05, 4.69) is 25.2 Å². The molecule has 2 N–H and O–H groups in total. The van der Waals surface area contributed by atoms with E-state index in [4.69, 9.17) is 0 Å². The molecule has 3 saturated carbocycles. The molecule has 1 saturated heterocycles. The van der Waals surface area contributed by atoms with Gasteiger partial charge in [-0.05, 0) is 112 Å². The minimum Gasteiger partial charge on any atom is -0.393 e. The van der Waals surface area contributed by atoms with Crippen LogP contribution in [0.1, 0.15) is 84.5 Å². The maximum atomic E-state index is 12.6. The standard InChI is InChI=1S/C26H41NO2/c1-25-11-7-18(4-3-17-9-13-27-14-10-17)15-22(25)23(28)16-19-20-5-6-24(29)26(20,2)12-8-21(19)25/h7,17,19-23,27-28H,3-6,8-16H2,1-2H3/t19?,20?,21?,22?,23-,25+,26-/m0/s1. The van der Waals surface area contributed by atoms with E-state index in [1.807, 2.05) is 0 Å². The predicted octanol–water partition coefficient (Wildman–Crippen LogP) is 4.89. The van der Waals surface area contributed by atoms with E-state index in [9.17, 15) is 9.90 Å². The summed E-state index contributed by atoms with van der Waals surface area (Å²) in [5, 5.41) is 14.8. The Hall–Kier alpha value is -0.670. The molecule has 0 radical (unpaired) electrons. The summed E-state index contributed by atoms with van der Waals surface area (Å²) in [6.07, 6.45) is 15.0. The first-order valence-corrected chi connectivity index (χ1v) is 12.5. The normalized spacial score (nSPS) is 47.9. The van der Waals surface area contributed by atoms with E-state index in [0.29, 0.717) is 29.5 Å². The lowest BCUT2D eigenvalue weighted by Crippen LogP contribution is -2.56. The van der Waals surface area contributed by atoms with Gasteiger partial charge in [-0.15, -0.1) is 0 Å². The molecule has 3 heteroatoms. The highest BCUT2D eigenvalue weighted by Crippen LogP contribution is 2.65. The molecule has 7 atom stereocenters. The quantitative estimate of drug-likeness (QED) is 0.665. The largest absolute Gasteiger partial charge is 0.393 e. The monoisotopic (exact) mass is 399 g/mol. The Kier molecular flexibility index (Phi) is 5.22. The Labute approximate surface area is 177 Å². The van der Waals surface area contributed by atoms with E-state index in [1.54, 1.807) is 5.57 Å². The third kappa shape index (κ3) is 3.26. The second-order valence-corrected chi connectivity index (χ2v) is 11.7. The average molecular weight is 400 g/mol. The predicted molar refractivity (Wildman–Crippen MR) is 116 cm³/mol. The number of aliphatic hydroxyl groups is 1. The molecule has 5 rings (SSSR count). The Balaban J connectivity index is 1.31. The molecule has 0 aromatic heterocycles. The average Bonchev–Trinajstić information content (AvgIpc) is 3.03. The fourth-order valence-corrected chi connectivity index (χ4v) is 8.53. The van der Waals surface area contributed by atoms with Crippen molar-refractivity contribution in [3.63, 3.8) is 0 Å². The fourth-order valence-electron chi connectivity index (χ4n) is 8.53. The Bertz CT molecular complexity index is 680. The third-order valence-corrected chi connectivity index (χ3v) is 10.5. The molecule has 162 valence electrons. The molecule has 29 heavy (non-hydrogen) atoms. The van der Waals surface area contributed by atoms with Crippen LogP contribution in [0.5, 0.6) is 0 Å². The van der Waals surface area contributed by atoms with Crippen LogP contribution in [0.4, 0.5) is 0 Å². The zero-order chi connectivity index (χ0) is 20.2. The van der Waals surface area contributed by atoms with Gasteiger partial charge in [0.25, 0.3) is 0 Å². The number of fused-ring (bicyclic) bond motifs is 5. The number of nitrogens with one attached hydrogen (secondary N) is 1. The molecule has 1 heterocycles. The molecular weight excluding hydrogens is 358 g/mol. The van der Waals surface area contributed by atoms with Gasteiger partial charge in [-0.3, -0.25) is 4.79 Å². The molecule has 0 bridgehead atoms. The van der Waals surface area contributed by atoms with Crippen molar-refractivity contribution in [2.45, 2.75) is 90.6 Å². The number of allylic oxidation sites excluding steroid dienone is 2. The minimum atomic E-state index is -0.179. The second-order valence-electron chi connectivity index (χ2n) is 11.7. The molecule has 4 fully saturated rings. The van der Waals surface area contributed by atoms with Gasteiger partial charge in [0.2, 0.25) is 0 Å². The molecule has 3 nitrogen and oxygen atoms in total. The Morgan fingerprint density at radius 2 is 1.90 bits per heavy atom. The van der Waals surface area contributed by atoms with E-state index >= 15 is 0 Å². The summed E-state index contributed by atoms with van der Waals surface area (Å²) < 4.78 is 0. The molecule has 4 aliphatic carbocycles. The second kappa shape index (κ2) is 7.48. The molecule has 0 spiro atoms. The van der Waals surface area contributed by atoms with Crippen LogP contribution < -0.4 is 5.32 Å². The van der Waals surface area contributed by atoms with Crippen LogP contribution in [0.3, 0.4) is 0 Å². The summed E-state index contributed by atoms with van der Waals surface area (Å²) in [6, 6.07) is 0. The van der Waals surface area contributed by atoms with Crippen molar-refractivity contribution in [3.8, 4) is 0 Å². The van der Waals surface area contributed by atoms with Gasteiger partial charge in [0.1, 0.15) is 5.78 Å². The Morgan fingerprint density at radius 1 is 1.10 bits per heavy atom. The van der Waals surface area contributed by atoms with Crippen molar-refractivity contribution in [2.75, 3.05) is 13.1 Å². The highest BCUT2D eigenvalue weighted by atomic mass is 16.3. The van der Waals surface area contributed by atoms with E-state index in [1.165, 1.54) is 45.2 Å². The number of aliphatic hydroxyl groups excluding tert-OH is 1. The molecule has 5 aliphatic rings. The molecule has 0 aromatic carbocycles.